The molecule has 1 saturated carbocycles. The molecule has 1 aliphatic rings. The molecule has 1 aliphatic carbocycles. The first kappa shape index (κ1) is 22.0. The number of hydrogen-bond acceptors (Lipinski definition) is 6. The standard InChI is InChI=1S/C24H26N4O3S/c1-15-21(28-24(32-15)17-6-4-3-5-7-17)23(30)27-19(12-10-16-8-9-16)22(29)26-18-11-13-20(31-2)25-14-18/h3-7,11,13-14,16,19H,8-10,12H2,1-2H3,(H,26,29)(H,27,30). The first-order valence-corrected chi connectivity index (χ1v) is 11.5. The SMILES string of the molecule is COc1ccc(NC(=O)C(CCC2CC2)NC(=O)c2nc(-c3ccccc3)sc2C)cn1. The molecule has 0 radical (unpaired) electrons. The van der Waals surface area contributed by atoms with Crippen LogP contribution in [0.25, 0.3) is 10.6 Å². The summed E-state index contributed by atoms with van der Waals surface area (Å²) in [5.74, 6) is 0.525. The summed E-state index contributed by atoms with van der Waals surface area (Å²) in [5.41, 5.74) is 1.89. The molecule has 1 atom stereocenters. The highest BCUT2D eigenvalue weighted by Crippen LogP contribution is 2.34. The Bertz CT molecular complexity index is 1080. The average molecular weight is 451 g/mol. The number of anilines is 1. The van der Waals surface area contributed by atoms with Gasteiger partial charge in [-0.1, -0.05) is 43.2 Å². The molecule has 32 heavy (non-hydrogen) atoms. The summed E-state index contributed by atoms with van der Waals surface area (Å²) in [6.45, 7) is 1.88. The highest BCUT2D eigenvalue weighted by Gasteiger charge is 2.28. The number of thiazole rings is 1. The Labute approximate surface area is 191 Å². The number of benzene rings is 1. The van der Waals surface area contributed by atoms with Crippen molar-refractivity contribution in [2.75, 3.05) is 12.4 Å². The molecule has 8 heteroatoms. The van der Waals surface area contributed by atoms with Gasteiger partial charge in [0.05, 0.1) is 19.0 Å². The van der Waals surface area contributed by atoms with Crippen LogP contribution in [-0.2, 0) is 4.79 Å². The predicted molar refractivity (Wildman–Crippen MR) is 125 cm³/mol. The number of carbonyl (C=O) groups is 2. The van der Waals surface area contributed by atoms with Crippen LogP contribution in [0.3, 0.4) is 0 Å². The summed E-state index contributed by atoms with van der Waals surface area (Å²) >= 11 is 1.47. The van der Waals surface area contributed by atoms with Crippen molar-refractivity contribution in [3.05, 3.63) is 59.2 Å². The van der Waals surface area contributed by atoms with Gasteiger partial charge in [-0.3, -0.25) is 9.59 Å². The minimum atomic E-state index is -0.647. The molecule has 1 fully saturated rings. The van der Waals surface area contributed by atoms with E-state index in [0.29, 0.717) is 29.6 Å². The van der Waals surface area contributed by atoms with E-state index in [9.17, 15) is 9.59 Å². The lowest BCUT2D eigenvalue weighted by atomic mass is 10.1. The van der Waals surface area contributed by atoms with Crippen LogP contribution in [0, 0.1) is 12.8 Å². The minimum absolute atomic E-state index is 0.262. The lowest BCUT2D eigenvalue weighted by Gasteiger charge is -2.18. The molecule has 0 aliphatic heterocycles. The Balaban J connectivity index is 1.47. The molecule has 0 bridgehead atoms. The van der Waals surface area contributed by atoms with Crippen molar-refractivity contribution in [2.24, 2.45) is 5.92 Å². The Morgan fingerprint density at radius 1 is 1.19 bits per heavy atom. The number of rotatable bonds is 9. The largest absolute Gasteiger partial charge is 0.481 e. The fourth-order valence-electron chi connectivity index (χ4n) is 3.42. The van der Waals surface area contributed by atoms with Crippen LogP contribution >= 0.6 is 11.3 Å². The molecule has 2 heterocycles. The zero-order valence-corrected chi connectivity index (χ0v) is 18.9. The first-order chi connectivity index (χ1) is 15.5. The van der Waals surface area contributed by atoms with Crippen LogP contribution in [-0.4, -0.2) is 34.9 Å². The molecule has 1 unspecified atom stereocenters. The van der Waals surface area contributed by atoms with Gasteiger partial charge in [-0.25, -0.2) is 9.97 Å². The number of hydrogen-bond donors (Lipinski definition) is 2. The Morgan fingerprint density at radius 2 is 1.97 bits per heavy atom. The second-order valence-electron chi connectivity index (χ2n) is 7.92. The van der Waals surface area contributed by atoms with Crippen LogP contribution in [0.2, 0.25) is 0 Å². The smallest absolute Gasteiger partial charge is 0.271 e. The number of aromatic nitrogens is 2. The van der Waals surface area contributed by atoms with E-state index in [1.54, 1.807) is 12.1 Å². The molecule has 2 N–H and O–H groups in total. The second kappa shape index (κ2) is 9.91. The lowest BCUT2D eigenvalue weighted by Crippen LogP contribution is -2.44. The molecule has 7 nitrogen and oxygen atoms in total. The number of amides is 2. The van der Waals surface area contributed by atoms with E-state index in [0.717, 1.165) is 21.9 Å². The summed E-state index contributed by atoms with van der Waals surface area (Å²) in [7, 11) is 1.54. The number of carbonyl (C=O) groups excluding carboxylic acids is 2. The maximum absolute atomic E-state index is 13.0. The fraction of sp³-hybridized carbons (Fsp3) is 0.333. The maximum atomic E-state index is 13.0. The monoisotopic (exact) mass is 450 g/mol. The number of pyridine rings is 1. The molecule has 166 valence electrons. The predicted octanol–water partition coefficient (Wildman–Crippen LogP) is 4.45. The van der Waals surface area contributed by atoms with Gasteiger partial charge in [0.1, 0.15) is 16.7 Å². The van der Waals surface area contributed by atoms with Crippen molar-refractivity contribution in [2.45, 2.75) is 38.6 Å². The van der Waals surface area contributed by atoms with Crippen molar-refractivity contribution in [1.82, 2.24) is 15.3 Å². The van der Waals surface area contributed by atoms with Crippen molar-refractivity contribution >= 4 is 28.8 Å². The topological polar surface area (TPSA) is 93.2 Å². The van der Waals surface area contributed by atoms with E-state index < -0.39 is 6.04 Å². The van der Waals surface area contributed by atoms with Gasteiger partial charge in [-0.2, -0.15) is 0 Å². The first-order valence-electron chi connectivity index (χ1n) is 10.7. The molecule has 2 aromatic heterocycles. The van der Waals surface area contributed by atoms with E-state index in [2.05, 4.69) is 20.6 Å². The van der Waals surface area contributed by atoms with Crippen molar-refractivity contribution in [1.29, 1.82) is 0 Å². The van der Waals surface area contributed by atoms with Crippen LogP contribution < -0.4 is 15.4 Å². The second-order valence-corrected chi connectivity index (χ2v) is 9.12. The van der Waals surface area contributed by atoms with Crippen LogP contribution in [0.5, 0.6) is 5.88 Å². The molecule has 1 aromatic carbocycles. The summed E-state index contributed by atoms with van der Waals surface area (Å²) < 4.78 is 5.05. The van der Waals surface area contributed by atoms with E-state index in [1.165, 1.54) is 37.5 Å². The van der Waals surface area contributed by atoms with Crippen LogP contribution in [0.1, 0.15) is 41.0 Å². The van der Waals surface area contributed by atoms with Gasteiger partial charge >= 0.3 is 0 Å². The zero-order chi connectivity index (χ0) is 22.5. The zero-order valence-electron chi connectivity index (χ0n) is 18.1. The molecule has 4 rings (SSSR count). The Kier molecular flexibility index (Phi) is 6.80. The number of methoxy groups -OCH3 is 1. The van der Waals surface area contributed by atoms with Crippen molar-refractivity contribution < 1.29 is 14.3 Å². The van der Waals surface area contributed by atoms with E-state index in [1.807, 2.05) is 37.3 Å². The van der Waals surface area contributed by atoms with Crippen LogP contribution in [0.4, 0.5) is 5.69 Å². The highest BCUT2D eigenvalue weighted by molar-refractivity contribution is 7.15. The van der Waals surface area contributed by atoms with Gasteiger partial charge in [-0.05, 0) is 31.7 Å². The third kappa shape index (κ3) is 5.50. The summed E-state index contributed by atoms with van der Waals surface area (Å²) in [6.07, 6.45) is 5.41. The summed E-state index contributed by atoms with van der Waals surface area (Å²) in [5, 5.41) is 6.55. The molecular formula is C24H26N4O3S. The summed E-state index contributed by atoms with van der Waals surface area (Å²) in [6, 6.07) is 12.5. The van der Waals surface area contributed by atoms with Gasteiger partial charge in [0.15, 0.2) is 0 Å². The van der Waals surface area contributed by atoms with Crippen LogP contribution in [0.15, 0.2) is 48.7 Å². The van der Waals surface area contributed by atoms with Crippen molar-refractivity contribution in [3.63, 3.8) is 0 Å². The lowest BCUT2D eigenvalue weighted by molar-refractivity contribution is -0.118. The third-order valence-corrected chi connectivity index (χ3v) is 6.45. The molecule has 2 amide bonds. The van der Waals surface area contributed by atoms with E-state index in [4.69, 9.17) is 4.74 Å². The third-order valence-electron chi connectivity index (χ3n) is 5.43. The van der Waals surface area contributed by atoms with Gasteiger partial charge in [-0.15, -0.1) is 11.3 Å². The number of ether oxygens (including phenoxy) is 1. The summed E-state index contributed by atoms with van der Waals surface area (Å²) in [4.78, 5) is 35.5. The maximum Gasteiger partial charge on any atom is 0.271 e. The van der Waals surface area contributed by atoms with Crippen molar-refractivity contribution in [3.8, 4) is 16.5 Å². The highest BCUT2D eigenvalue weighted by atomic mass is 32.1. The van der Waals surface area contributed by atoms with Gasteiger partial charge in [0.25, 0.3) is 5.91 Å². The quantitative estimate of drug-likeness (QED) is 0.502. The van der Waals surface area contributed by atoms with Gasteiger partial charge < -0.3 is 15.4 Å². The molecule has 0 saturated heterocycles. The Morgan fingerprint density at radius 3 is 2.62 bits per heavy atom. The number of nitrogens with zero attached hydrogens (tertiary/aromatic N) is 2. The average Bonchev–Trinajstić information content (AvgIpc) is 3.56. The minimum Gasteiger partial charge on any atom is -0.481 e. The number of aryl methyl sites for hydroxylation is 1. The molecule has 0 spiro atoms. The van der Waals surface area contributed by atoms with E-state index in [-0.39, 0.29) is 11.8 Å². The Hall–Kier alpha value is -3.26. The van der Waals surface area contributed by atoms with Gasteiger partial charge in [0, 0.05) is 16.5 Å². The van der Waals surface area contributed by atoms with Gasteiger partial charge in [0.2, 0.25) is 11.8 Å². The van der Waals surface area contributed by atoms with E-state index >= 15 is 0 Å². The normalized spacial score (nSPS) is 13.9. The number of nitrogens with one attached hydrogen (secondary N) is 2. The molecule has 3 aromatic rings. The fourth-order valence-corrected chi connectivity index (χ4v) is 4.34. The molecular weight excluding hydrogens is 424 g/mol.